The third kappa shape index (κ3) is 8.19. The maximum Gasteiger partial charge on any atom is 0.187 e. The normalized spacial score (nSPS) is 31.3. The SMILES string of the molecule is COCC1OC(O[Si](C)(C)C)C(O[Si](C)(C)C)C(OC)C1O[Si](C)(C)C. The molecule has 5 atom stereocenters. The van der Waals surface area contributed by atoms with E-state index in [1.165, 1.54) is 0 Å². The molecule has 0 N–H and O–H groups in total. The van der Waals surface area contributed by atoms with Gasteiger partial charge < -0.3 is 27.5 Å². The molecule has 0 bridgehead atoms. The van der Waals surface area contributed by atoms with Crippen LogP contribution < -0.4 is 0 Å². The zero-order valence-corrected chi connectivity index (χ0v) is 21.5. The van der Waals surface area contributed by atoms with E-state index in [1.54, 1.807) is 14.2 Å². The van der Waals surface area contributed by atoms with E-state index >= 15 is 0 Å². The Hall–Kier alpha value is 0.411. The second kappa shape index (κ2) is 9.27. The molecule has 0 aromatic rings. The molecular formula is C17H40O6Si3. The molecule has 0 radical (unpaired) electrons. The molecule has 0 spiro atoms. The third-order valence-corrected chi connectivity index (χ3v) is 6.54. The molecule has 0 aromatic carbocycles. The highest BCUT2D eigenvalue weighted by atomic mass is 28.4. The van der Waals surface area contributed by atoms with Crippen molar-refractivity contribution in [2.24, 2.45) is 0 Å². The fourth-order valence-corrected chi connectivity index (χ4v) is 6.02. The van der Waals surface area contributed by atoms with Crippen molar-refractivity contribution in [3.8, 4) is 0 Å². The van der Waals surface area contributed by atoms with Gasteiger partial charge in [0, 0.05) is 14.2 Å². The van der Waals surface area contributed by atoms with Crippen LogP contribution in [0, 0.1) is 0 Å². The van der Waals surface area contributed by atoms with Crippen molar-refractivity contribution in [3.05, 3.63) is 0 Å². The van der Waals surface area contributed by atoms with E-state index in [4.69, 9.17) is 27.5 Å². The van der Waals surface area contributed by atoms with Crippen LogP contribution >= 0.6 is 0 Å². The van der Waals surface area contributed by atoms with Gasteiger partial charge in [-0.2, -0.15) is 0 Å². The summed E-state index contributed by atoms with van der Waals surface area (Å²) in [5.41, 5.74) is 0. The van der Waals surface area contributed by atoms with E-state index in [-0.39, 0.29) is 24.4 Å². The fourth-order valence-electron chi connectivity index (χ4n) is 2.97. The quantitative estimate of drug-likeness (QED) is 0.526. The molecule has 9 heteroatoms. The summed E-state index contributed by atoms with van der Waals surface area (Å²) in [4.78, 5) is 0. The van der Waals surface area contributed by atoms with Gasteiger partial charge in [-0.3, -0.25) is 0 Å². The summed E-state index contributed by atoms with van der Waals surface area (Å²) in [5, 5.41) is 0. The van der Waals surface area contributed by atoms with Crippen molar-refractivity contribution in [2.45, 2.75) is 89.6 Å². The lowest BCUT2D eigenvalue weighted by molar-refractivity contribution is -0.278. The van der Waals surface area contributed by atoms with Crippen molar-refractivity contribution >= 4 is 25.0 Å². The molecule has 1 aliphatic heterocycles. The Bertz CT molecular complexity index is 430. The molecule has 0 aromatic heterocycles. The Kier molecular flexibility index (Phi) is 8.72. The predicted octanol–water partition coefficient (Wildman–Crippen LogP) is 3.66. The van der Waals surface area contributed by atoms with Crippen LogP contribution in [0.3, 0.4) is 0 Å². The fraction of sp³-hybridized carbons (Fsp3) is 1.00. The zero-order valence-electron chi connectivity index (χ0n) is 18.5. The van der Waals surface area contributed by atoms with E-state index in [1.807, 2.05) is 0 Å². The van der Waals surface area contributed by atoms with Gasteiger partial charge in [0.1, 0.15) is 24.4 Å². The Labute approximate surface area is 163 Å². The van der Waals surface area contributed by atoms with Crippen molar-refractivity contribution in [1.29, 1.82) is 0 Å². The van der Waals surface area contributed by atoms with Gasteiger partial charge in [0.25, 0.3) is 0 Å². The molecule has 1 saturated heterocycles. The van der Waals surface area contributed by atoms with Gasteiger partial charge in [-0.1, -0.05) is 0 Å². The maximum absolute atomic E-state index is 6.49. The summed E-state index contributed by atoms with van der Waals surface area (Å²) < 4.78 is 37.0. The van der Waals surface area contributed by atoms with Gasteiger partial charge in [-0.25, -0.2) is 0 Å². The number of rotatable bonds is 9. The van der Waals surface area contributed by atoms with Crippen molar-refractivity contribution in [2.75, 3.05) is 20.8 Å². The summed E-state index contributed by atoms with van der Waals surface area (Å²) in [6.45, 7) is 19.9. The minimum Gasteiger partial charge on any atom is -0.409 e. The first kappa shape index (κ1) is 24.4. The van der Waals surface area contributed by atoms with E-state index in [0.717, 1.165) is 0 Å². The average molecular weight is 425 g/mol. The molecule has 0 amide bonds. The Morgan fingerprint density at radius 1 is 0.654 bits per heavy atom. The monoisotopic (exact) mass is 424 g/mol. The van der Waals surface area contributed by atoms with Crippen molar-refractivity contribution in [1.82, 2.24) is 0 Å². The van der Waals surface area contributed by atoms with Crippen molar-refractivity contribution in [3.63, 3.8) is 0 Å². The first-order chi connectivity index (χ1) is 11.7. The van der Waals surface area contributed by atoms with Crippen LogP contribution in [0.2, 0.25) is 58.9 Å². The number of hydrogen-bond acceptors (Lipinski definition) is 6. The Morgan fingerprint density at radius 3 is 1.50 bits per heavy atom. The first-order valence-corrected chi connectivity index (χ1v) is 19.6. The molecule has 6 nitrogen and oxygen atoms in total. The summed E-state index contributed by atoms with van der Waals surface area (Å²) in [5.74, 6) is 0. The molecule has 0 saturated carbocycles. The highest BCUT2D eigenvalue weighted by molar-refractivity contribution is 6.70. The largest absolute Gasteiger partial charge is 0.409 e. The Morgan fingerprint density at radius 2 is 1.12 bits per heavy atom. The van der Waals surface area contributed by atoms with Crippen LogP contribution in [-0.2, 0) is 27.5 Å². The standard InChI is InChI=1S/C17H40O6Si3/c1-18-12-13-14(21-24(3,4)5)15(19-2)16(22-25(6,7)8)17(20-13)23-26(9,10)11/h13-17H,12H2,1-11H3. The molecule has 0 aliphatic carbocycles. The summed E-state index contributed by atoms with van der Waals surface area (Å²) >= 11 is 0. The van der Waals surface area contributed by atoms with Crippen LogP contribution in [0.5, 0.6) is 0 Å². The van der Waals surface area contributed by atoms with Gasteiger partial charge >= 0.3 is 0 Å². The zero-order chi connectivity index (χ0) is 20.3. The summed E-state index contributed by atoms with van der Waals surface area (Å²) in [6.07, 6.45) is -1.54. The van der Waals surface area contributed by atoms with Gasteiger partial charge in [-0.05, 0) is 58.9 Å². The van der Waals surface area contributed by atoms with E-state index in [2.05, 4.69) is 58.9 Å². The van der Waals surface area contributed by atoms with Crippen LogP contribution in [0.4, 0.5) is 0 Å². The maximum atomic E-state index is 6.49. The number of methoxy groups -OCH3 is 2. The highest BCUT2D eigenvalue weighted by Gasteiger charge is 2.51. The lowest BCUT2D eigenvalue weighted by Crippen LogP contribution is -2.65. The summed E-state index contributed by atoms with van der Waals surface area (Å²) in [6, 6.07) is 0. The van der Waals surface area contributed by atoms with Gasteiger partial charge in [0.15, 0.2) is 31.2 Å². The average Bonchev–Trinajstić information content (AvgIpc) is 2.39. The van der Waals surface area contributed by atoms with Crippen LogP contribution in [0.15, 0.2) is 0 Å². The predicted molar refractivity (Wildman–Crippen MR) is 112 cm³/mol. The lowest BCUT2D eigenvalue weighted by Gasteiger charge is -2.49. The Balaban J connectivity index is 3.23. The second-order valence-electron chi connectivity index (χ2n) is 9.82. The topological polar surface area (TPSA) is 55.4 Å². The minimum absolute atomic E-state index is 0.241. The third-order valence-electron chi connectivity index (χ3n) is 3.64. The molecule has 5 unspecified atom stereocenters. The van der Waals surface area contributed by atoms with Gasteiger partial charge in [-0.15, -0.1) is 0 Å². The number of hydrogen-bond donors (Lipinski definition) is 0. The second-order valence-corrected chi connectivity index (χ2v) is 23.2. The van der Waals surface area contributed by atoms with Crippen molar-refractivity contribution < 1.29 is 27.5 Å². The van der Waals surface area contributed by atoms with Crippen LogP contribution in [0.1, 0.15) is 0 Å². The van der Waals surface area contributed by atoms with E-state index in [0.29, 0.717) is 6.61 Å². The highest BCUT2D eigenvalue weighted by Crippen LogP contribution is 2.33. The van der Waals surface area contributed by atoms with Crippen LogP contribution in [0.25, 0.3) is 0 Å². The molecule has 26 heavy (non-hydrogen) atoms. The van der Waals surface area contributed by atoms with Gasteiger partial charge in [0.2, 0.25) is 0 Å². The number of ether oxygens (including phenoxy) is 3. The van der Waals surface area contributed by atoms with E-state index in [9.17, 15) is 0 Å². The molecule has 1 fully saturated rings. The van der Waals surface area contributed by atoms with Gasteiger partial charge in [0.05, 0.1) is 6.61 Å². The first-order valence-electron chi connectivity index (χ1n) is 9.37. The lowest BCUT2D eigenvalue weighted by atomic mass is 9.99. The molecule has 1 aliphatic rings. The molecule has 156 valence electrons. The minimum atomic E-state index is -1.85. The molecular weight excluding hydrogens is 384 g/mol. The molecule has 1 rings (SSSR count). The molecule has 1 heterocycles. The van der Waals surface area contributed by atoms with Crippen LogP contribution in [-0.4, -0.2) is 76.5 Å². The smallest absolute Gasteiger partial charge is 0.187 e. The van der Waals surface area contributed by atoms with E-state index < -0.39 is 31.2 Å². The summed E-state index contributed by atoms with van der Waals surface area (Å²) in [7, 11) is -2.12.